The molecule has 1 aromatic carbocycles. The Bertz CT molecular complexity index is 766. The van der Waals surface area contributed by atoms with Gasteiger partial charge in [0.2, 0.25) is 0 Å². The van der Waals surface area contributed by atoms with E-state index >= 15 is 0 Å². The third-order valence-corrected chi connectivity index (χ3v) is 5.23. The van der Waals surface area contributed by atoms with Crippen LogP contribution in [0, 0.1) is 24.6 Å². The minimum absolute atomic E-state index is 0.0723. The van der Waals surface area contributed by atoms with Crippen LogP contribution in [0.2, 0.25) is 0 Å². The number of aromatic nitrogens is 2. The number of hydrogen-bond donors (Lipinski definition) is 0. The molecule has 0 radical (unpaired) electrons. The van der Waals surface area contributed by atoms with E-state index in [4.69, 9.17) is 4.98 Å². The molecule has 0 spiro atoms. The highest BCUT2D eigenvalue weighted by Crippen LogP contribution is 2.52. The molecule has 3 unspecified atom stereocenters. The summed E-state index contributed by atoms with van der Waals surface area (Å²) in [5, 5.41) is 0. The number of rotatable bonds is 2. The minimum Gasteiger partial charge on any atom is -0.269 e. The Hall–Kier alpha value is -1.97. The average Bonchev–Trinajstić information content (AvgIpc) is 3.10. The van der Waals surface area contributed by atoms with Gasteiger partial charge in [-0.3, -0.25) is 9.36 Å². The summed E-state index contributed by atoms with van der Waals surface area (Å²) < 4.78 is 14.9. The molecular weight excluding hydrogens is 279 g/mol. The van der Waals surface area contributed by atoms with Gasteiger partial charge < -0.3 is 0 Å². The van der Waals surface area contributed by atoms with Crippen molar-refractivity contribution in [1.82, 2.24) is 9.55 Å². The van der Waals surface area contributed by atoms with Gasteiger partial charge in [0, 0.05) is 17.7 Å². The van der Waals surface area contributed by atoms with Crippen molar-refractivity contribution in [3.63, 3.8) is 0 Å². The van der Waals surface area contributed by atoms with Gasteiger partial charge in [0.1, 0.15) is 11.6 Å². The first kappa shape index (κ1) is 13.7. The largest absolute Gasteiger partial charge is 0.269 e. The molecule has 2 aromatic rings. The molecule has 0 amide bonds. The van der Waals surface area contributed by atoms with Gasteiger partial charge >= 0.3 is 0 Å². The molecule has 0 aliphatic heterocycles. The summed E-state index contributed by atoms with van der Waals surface area (Å²) in [6.45, 7) is 1.87. The first-order chi connectivity index (χ1) is 10.6. The number of hydrogen-bond acceptors (Lipinski definition) is 2. The maximum atomic E-state index is 13.2. The molecular formula is C18H19FN2O. The van der Waals surface area contributed by atoms with Gasteiger partial charge in [-0.15, -0.1) is 0 Å². The normalized spacial score (nSPS) is 26.5. The first-order valence-corrected chi connectivity index (χ1v) is 7.98. The van der Waals surface area contributed by atoms with E-state index < -0.39 is 0 Å². The molecule has 3 atom stereocenters. The molecule has 4 rings (SSSR count). The van der Waals surface area contributed by atoms with Crippen LogP contribution in [0.25, 0.3) is 5.69 Å². The van der Waals surface area contributed by atoms with E-state index in [1.165, 1.54) is 31.4 Å². The topological polar surface area (TPSA) is 34.9 Å². The van der Waals surface area contributed by atoms with E-state index in [1.807, 2.05) is 6.92 Å². The Morgan fingerprint density at radius 2 is 1.95 bits per heavy atom. The molecule has 1 aromatic heterocycles. The summed E-state index contributed by atoms with van der Waals surface area (Å²) in [5.41, 5.74) is 1.40. The lowest BCUT2D eigenvalue weighted by atomic mass is 9.88. The fraction of sp³-hybridized carbons (Fsp3) is 0.444. The number of halogens is 1. The maximum Gasteiger partial charge on any atom is 0.258 e. The highest BCUT2D eigenvalue weighted by Gasteiger charge is 2.42. The van der Waals surface area contributed by atoms with Crippen molar-refractivity contribution in [2.75, 3.05) is 0 Å². The molecule has 4 heteroatoms. The van der Waals surface area contributed by atoms with Crippen molar-refractivity contribution in [1.29, 1.82) is 0 Å². The molecule has 2 fully saturated rings. The van der Waals surface area contributed by atoms with Crippen LogP contribution in [0.5, 0.6) is 0 Å². The molecule has 1 heterocycles. The van der Waals surface area contributed by atoms with Crippen molar-refractivity contribution in [3.05, 3.63) is 58.0 Å². The lowest BCUT2D eigenvalue weighted by Crippen LogP contribution is -2.27. The van der Waals surface area contributed by atoms with Gasteiger partial charge in [0.05, 0.1) is 5.69 Å². The van der Waals surface area contributed by atoms with Crippen LogP contribution >= 0.6 is 0 Å². The molecule has 2 aliphatic carbocycles. The van der Waals surface area contributed by atoms with Gasteiger partial charge in [0.25, 0.3) is 5.56 Å². The predicted octanol–water partition coefficient (Wildman–Crippen LogP) is 3.58. The molecule has 114 valence electrons. The lowest BCUT2D eigenvalue weighted by molar-refractivity contribution is 0.397. The average molecular weight is 298 g/mol. The Morgan fingerprint density at radius 1 is 1.18 bits per heavy atom. The Labute approximate surface area is 128 Å². The fourth-order valence-electron chi connectivity index (χ4n) is 4.28. The van der Waals surface area contributed by atoms with Crippen LogP contribution in [0.1, 0.15) is 43.1 Å². The summed E-state index contributed by atoms with van der Waals surface area (Å²) in [5.74, 6) is 2.36. The van der Waals surface area contributed by atoms with E-state index in [0.29, 0.717) is 17.5 Å². The molecule has 3 nitrogen and oxygen atoms in total. The van der Waals surface area contributed by atoms with Crippen LogP contribution in [0.4, 0.5) is 4.39 Å². The standard InChI is InChI=1S/C18H19FN2O/c1-11-8-17(22)21(15-6-4-14(19)5-7-15)18(20-11)16-10-12-2-3-13(16)9-12/h4-8,12-13,16H,2-3,9-10H2,1H3. The highest BCUT2D eigenvalue weighted by molar-refractivity contribution is 5.34. The van der Waals surface area contributed by atoms with Crippen LogP contribution in [-0.4, -0.2) is 9.55 Å². The molecule has 0 saturated heterocycles. The molecule has 2 bridgehead atoms. The van der Waals surface area contributed by atoms with Gasteiger partial charge in [-0.05, 0) is 62.3 Å². The zero-order valence-corrected chi connectivity index (χ0v) is 12.6. The molecule has 0 N–H and O–H groups in total. The van der Waals surface area contributed by atoms with Crippen LogP contribution < -0.4 is 5.56 Å². The van der Waals surface area contributed by atoms with E-state index in [1.54, 1.807) is 22.8 Å². The monoisotopic (exact) mass is 298 g/mol. The number of benzene rings is 1. The second-order valence-corrected chi connectivity index (χ2v) is 6.69. The number of aryl methyl sites for hydroxylation is 1. The summed E-state index contributed by atoms with van der Waals surface area (Å²) in [6, 6.07) is 7.66. The second-order valence-electron chi connectivity index (χ2n) is 6.69. The van der Waals surface area contributed by atoms with Crippen LogP contribution in [0.3, 0.4) is 0 Å². The summed E-state index contributed by atoms with van der Waals surface area (Å²) in [7, 11) is 0. The summed E-state index contributed by atoms with van der Waals surface area (Å²) in [6.07, 6.45) is 4.94. The lowest BCUT2D eigenvalue weighted by Gasteiger charge is -2.24. The zero-order valence-electron chi connectivity index (χ0n) is 12.6. The Balaban J connectivity index is 1.86. The van der Waals surface area contributed by atoms with Gasteiger partial charge in [-0.1, -0.05) is 6.42 Å². The van der Waals surface area contributed by atoms with Gasteiger partial charge in [0.15, 0.2) is 0 Å². The van der Waals surface area contributed by atoms with Gasteiger partial charge in [-0.25, -0.2) is 9.37 Å². The van der Waals surface area contributed by atoms with Crippen LogP contribution in [-0.2, 0) is 0 Å². The Kier molecular flexibility index (Phi) is 3.13. The van der Waals surface area contributed by atoms with E-state index in [2.05, 4.69) is 0 Å². The maximum absolute atomic E-state index is 13.2. The minimum atomic E-state index is -0.293. The molecule has 2 saturated carbocycles. The van der Waals surface area contributed by atoms with Crippen LogP contribution in [0.15, 0.2) is 35.1 Å². The highest BCUT2D eigenvalue weighted by atomic mass is 19.1. The quantitative estimate of drug-likeness (QED) is 0.849. The van der Waals surface area contributed by atoms with E-state index in [-0.39, 0.29) is 11.4 Å². The summed E-state index contributed by atoms with van der Waals surface area (Å²) in [4.78, 5) is 17.2. The smallest absolute Gasteiger partial charge is 0.258 e. The number of fused-ring (bicyclic) bond motifs is 2. The van der Waals surface area contributed by atoms with Gasteiger partial charge in [-0.2, -0.15) is 0 Å². The first-order valence-electron chi connectivity index (χ1n) is 7.98. The zero-order chi connectivity index (χ0) is 15.3. The van der Waals surface area contributed by atoms with Crippen molar-refractivity contribution in [3.8, 4) is 5.69 Å². The Morgan fingerprint density at radius 3 is 2.59 bits per heavy atom. The van der Waals surface area contributed by atoms with E-state index in [0.717, 1.165) is 23.9 Å². The van der Waals surface area contributed by atoms with Crippen molar-refractivity contribution in [2.24, 2.45) is 11.8 Å². The fourth-order valence-corrected chi connectivity index (χ4v) is 4.28. The second kappa shape index (κ2) is 5.04. The number of nitrogens with zero attached hydrogens (tertiary/aromatic N) is 2. The third kappa shape index (κ3) is 2.18. The third-order valence-electron chi connectivity index (χ3n) is 5.23. The van der Waals surface area contributed by atoms with E-state index in [9.17, 15) is 9.18 Å². The van der Waals surface area contributed by atoms with Crippen molar-refractivity contribution < 1.29 is 4.39 Å². The predicted molar refractivity (Wildman–Crippen MR) is 82.7 cm³/mol. The SMILES string of the molecule is Cc1cc(=O)n(-c2ccc(F)cc2)c(C2CC3CCC2C3)n1. The summed E-state index contributed by atoms with van der Waals surface area (Å²) >= 11 is 0. The van der Waals surface area contributed by atoms with Crippen molar-refractivity contribution in [2.45, 2.75) is 38.5 Å². The molecule has 2 aliphatic rings. The molecule has 22 heavy (non-hydrogen) atoms. The van der Waals surface area contributed by atoms with Crippen molar-refractivity contribution >= 4 is 0 Å².